The minimum absolute atomic E-state index is 0.0911. The molecule has 8 nitrogen and oxygen atoms in total. The molecule has 3 fully saturated rings. The molecule has 3 aliphatic heterocycles. The molecule has 0 amide bonds. The first-order valence-electron chi connectivity index (χ1n) is 14.5. The topological polar surface area (TPSA) is 69.8 Å². The van der Waals surface area contributed by atoms with Crippen molar-refractivity contribution in [2.24, 2.45) is 0 Å². The number of piperidine rings is 1. The van der Waals surface area contributed by atoms with Crippen LogP contribution in [0.3, 0.4) is 0 Å². The number of nitrogens with zero attached hydrogens (tertiary/aromatic N) is 5. The number of fused-ring (bicyclic) bond motifs is 2. The van der Waals surface area contributed by atoms with Gasteiger partial charge in [0.2, 0.25) is 0 Å². The molecule has 10 heteroatoms. The van der Waals surface area contributed by atoms with Gasteiger partial charge in [-0.1, -0.05) is 0 Å². The van der Waals surface area contributed by atoms with Gasteiger partial charge in [0.05, 0.1) is 29.1 Å². The highest BCUT2D eigenvalue weighted by molar-refractivity contribution is 7.19. The van der Waals surface area contributed by atoms with Crippen LogP contribution in [0.5, 0.6) is 0 Å². The molecule has 3 saturated heterocycles. The summed E-state index contributed by atoms with van der Waals surface area (Å²) >= 11 is 1.77. The van der Waals surface area contributed by atoms with Crippen LogP contribution in [-0.2, 0) is 9.47 Å². The van der Waals surface area contributed by atoms with Gasteiger partial charge >= 0.3 is 0 Å². The minimum Gasteiger partial charge on any atom is -0.381 e. The predicted molar refractivity (Wildman–Crippen MR) is 155 cm³/mol. The number of H-pyrrole nitrogens is 1. The van der Waals surface area contributed by atoms with E-state index in [0.29, 0.717) is 30.8 Å². The van der Waals surface area contributed by atoms with Crippen LogP contribution in [-0.4, -0.2) is 94.8 Å². The maximum Gasteiger partial charge on any atom is 0.129 e. The van der Waals surface area contributed by atoms with Crippen molar-refractivity contribution < 1.29 is 13.9 Å². The first-order chi connectivity index (χ1) is 19.7. The number of thiophene rings is 1. The molecule has 7 rings (SSSR count). The Morgan fingerprint density at radius 1 is 1.05 bits per heavy atom. The first-order valence-corrected chi connectivity index (χ1v) is 15.3. The number of morpholine rings is 1. The van der Waals surface area contributed by atoms with Crippen molar-refractivity contribution in [2.45, 2.75) is 50.0 Å². The lowest BCUT2D eigenvalue weighted by Crippen LogP contribution is -2.53. The average Bonchev–Trinajstić information content (AvgIpc) is 3.65. The molecule has 1 aromatic carbocycles. The second-order valence-electron chi connectivity index (χ2n) is 11.3. The Morgan fingerprint density at radius 3 is 2.70 bits per heavy atom. The van der Waals surface area contributed by atoms with E-state index in [1.54, 1.807) is 29.8 Å². The van der Waals surface area contributed by atoms with Crippen LogP contribution < -0.4 is 0 Å². The number of nitrogens with one attached hydrogen (secondary N) is 1. The van der Waals surface area contributed by atoms with E-state index in [4.69, 9.17) is 9.47 Å². The van der Waals surface area contributed by atoms with Crippen LogP contribution in [0, 0.1) is 5.82 Å². The Kier molecular flexibility index (Phi) is 7.55. The zero-order valence-corrected chi connectivity index (χ0v) is 23.8. The fourth-order valence-electron chi connectivity index (χ4n) is 6.97. The number of aromatic nitrogens is 3. The Labute approximate surface area is 238 Å². The summed E-state index contributed by atoms with van der Waals surface area (Å²) in [5.41, 5.74) is 2.58. The molecule has 4 aromatic rings. The minimum atomic E-state index is -0.331. The maximum absolute atomic E-state index is 15.3. The average molecular weight is 565 g/mol. The van der Waals surface area contributed by atoms with Crippen molar-refractivity contribution in [2.75, 3.05) is 53.0 Å². The fraction of sp³-hybridized carbons (Fsp3) is 0.533. The van der Waals surface area contributed by atoms with Gasteiger partial charge in [-0.05, 0) is 57.0 Å². The molecule has 0 spiro atoms. The summed E-state index contributed by atoms with van der Waals surface area (Å²) in [6.45, 7) is 5.79. The highest BCUT2D eigenvalue weighted by Crippen LogP contribution is 2.39. The van der Waals surface area contributed by atoms with Crippen LogP contribution >= 0.6 is 11.3 Å². The normalized spacial score (nSPS) is 23.4. The Hall–Kier alpha value is -2.47. The van der Waals surface area contributed by atoms with Crippen molar-refractivity contribution in [1.29, 1.82) is 0 Å². The van der Waals surface area contributed by atoms with E-state index in [9.17, 15) is 0 Å². The summed E-state index contributed by atoms with van der Waals surface area (Å²) < 4.78 is 28.2. The summed E-state index contributed by atoms with van der Waals surface area (Å²) in [7, 11) is 2.31. The molecule has 3 aliphatic rings. The summed E-state index contributed by atoms with van der Waals surface area (Å²) in [6.07, 6.45) is 9.69. The van der Waals surface area contributed by atoms with E-state index in [1.165, 1.54) is 4.88 Å². The summed E-state index contributed by atoms with van der Waals surface area (Å²) in [5, 5.41) is 0.900. The summed E-state index contributed by atoms with van der Waals surface area (Å²) in [4.78, 5) is 21.0. The molecule has 2 atom stereocenters. The highest BCUT2D eigenvalue weighted by atomic mass is 32.1. The fourth-order valence-corrected chi connectivity index (χ4v) is 8.13. The molecule has 2 unspecified atom stereocenters. The molecule has 3 aromatic heterocycles. The van der Waals surface area contributed by atoms with Gasteiger partial charge in [0.1, 0.15) is 12.1 Å². The van der Waals surface area contributed by atoms with Crippen molar-refractivity contribution >= 4 is 32.5 Å². The van der Waals surface area contributed by atoms with E-state index < -0.39 is 0 Å². The van der Waals surface area contributed by atoms with E-state index in [1.807, 2.05) is 18.5 Å². The van der Waals surface area contributed by atoms with Crippen molar-refractivity contribution in [1.82, 2.24) is 29.7 Å². The van der Waals surface area contributed by atoms with Gasteiger partial charge in [0, 0.05) is 85.2 Å². The monoisotopic (exact) mass is 564 g/mol. The third kappa shape index (κ3) is 5.06. The lowest BCUT2D eigenvalue weighted by Gasteiger charge is -2.47. The number of halogens is 1. The second-order valence-corrected chi connectivity index (χ2v) is 12.4. The molecule has 6 heterocycles. The van der Waals surface area contributed by atoms with Gasteiger partial charge in [0.15, 0.2) is 0 Å². The van der Waals surface area contributed by atoms with Crippen molar-refractivity contribution in [3.05, 3.63) is 59.2 Å². The summed E-state index contributed by atoms with van der Waals surface area (Å²) in [6, 6.07) is 8.75. The van der Waals surface area contributed by atoms with E-state index in [-0.39, 0.29) is 18.1 Å². The van der Waals surface area contributed by atoms with E-state index in [2.05, 4.69) is 42.8 Å². The molecule has 40 heavy (non-hydrogen) atoms. The SMILES string of the molecule is CN(C1CCOCC1)C1CCN(C(c2cc3ncncc3s2)N2CCOC(c3c(F)ccc4[nH]ccc34)C2)CC1. The predicted octanol–water partition coefficient (Wildman–Crippen LogP) is 4.96. The number of benzene rings is 1. The van der Waals surface area contributed by atoms with Gasteiger partial charge in [0.25, 0.3) is 0 Å². The highest BCUT2D eigenvalue weighted by Gasteiger charge is 2.37. The van der Waals surface area contributed by atoms with Gasteiger partial charge < -0.3 is 19.4 Å². The molecule has 0 bridgehead atoms. The quantitative estimate of drug-likeness (QED) is 0.355. The molecule has 0 radical (unpaired) electrons. The van der Waals surface area contributed by atoms with Gasteiger partial charge in [-0.3, -0.25) is 9.80 Å². The molecule has 212 valence electrons. The number of hydrogen-bond donors (Lipinski definition) is 1. The van der Waals surface area contributed by atoms with Crippen LogP contribution in [0.1, 0.15) is 48.4 Å². The smallest absolute Gasteiger partial charge is 0.129 e. The van der Waals surface area contributed by atoms with Crippen LogP contribution in [0.2, 0.25) is 0 Å². The molecule has 0 aliphatic carbocycles. The molecule has 0 saturated carbocycles. The Balaban J connectivity index is 1.16. The van der Waals surface area contributed by atoms with Crippen molar-refractivity contribution in [3.8, 4) is 0 Å². The third-order valence-electron chi connectivity index (χ3n) is 9.15. The first kappa shape index (κ1) is 26.4. The number of ether oxygens (including phenoxy) is 2. The van der Waals surface area contributed by atoms with Gasteiger partial charge in [-0.25, -0.2) is 14.4 Å². The van der Waals surface area contributed by atoms with E-state index >= 15 is 4.39 Å². The zero-order chi connectivity index (χ0) is 27.1. The number of hydrogen-bond acceptors (Lipinski definition) is 8. The zero-order valence-electron chi connectivity index (χ0n) is 23.0. The van der Waals surface area contributed by atoms with Crippen molar-refractivity contribution in [3.63, 3.8) is 0 Å². The van der Waals surface area contributed by atoms with Gasteiger partial charge in [-0.15, -0.1) is 11.3 Å². The van der Waals surface area contributed by atoms with Gasteiger partial charge in [-0.2, -0.15) is 0 Å². The van der Waals surface area contributed by atoms with Crippen LogP contribution in [0.25, 0.3) is 21.1 Å². The lowest BCUT2D eigenvalue weighted by molar-refractivity contribution is -0.0853. The maximum atomic E-state index is 15.3. The van der Waals surface area contributed by atoms with Crippen LogP contribution in [0.15, 0.2) is 43.0 Å². The second kappa shape index (κ2) is 11.4. The number of aromatic amines is 1. The largest absolute Gasteiger partial charge is 0.381 e. The number of likely N-dealkylation sites (tertiary alicyclic amines) is 1. The lowest BCUT2D eigenvalue weighted by atomic mass is 9.98. The molecule has 1 N–H and O–H groups in total. The Morgan fingerprint density at radius 2 is 1.88 bits per heavy atom. The van der Waals surface area contributed by atoms with Crippen LogP contribution in [0.4, 0.5) is 4.39 Å². The Bertz CT molecular complexity index is 1410. The molecular weight excluding hydrogens is 527 g/mol. The summed E-state index contributed by atoms with van der Waals surface area (Å²) in [5.74, 6) is -0.204. The molecular formula is C30H37FN6O2S. The standard InChI is InChI=1S/C30H37FN6O2S/c1-35(21-7-13-38-14-8-21)20-5-10-36(11-6-20)30(27-16-25-28(40-27)17-32-19-34-25)37-12-15-39-26(18-37)29-22-4-9-33-24(22)3-2-23(29)31/h2-4,9,16-17,19-21,26,30,33H,5-8,10-15,18H2,1H3. The van der Waals surface area contributed by atoms with E-state index in [0.717, 1.165) is 79.7 Å². The number of rotatable bonds is 6. The third-order valence-corrected chi connectivity index (χ3v) is 10.2.